The van der Waals surface area contributed by atoms with Crippen LogP contribution in [0.25, 0.3) is 16.9 Å². The summed E-state index contributed by atoms with van der Waals surface area (Å²) >= 11 is 0. The topological polar surface area (TPSA) is 83.8 Å². The molecule has 1 saturated carbocycles. The van der Waals surface area contributed by atoms with E-state index in [4.69, 9.17) is 11.7 Å². The summed E-state index contributed by atoms with van der Waals surface area (Å²) in [5.41, 5.74) is 5.17. The van der Waals surface area contributed by atoms with Crippen molar-refractivity contribution in [2.75, 3.05) is 5.32 Å². The Morgan fingerprint density at radius 1 is 1.09 bits per heavy atom. The lowest BCUT2D eigenvalue weighted by Gasteiger charge is -2.29. The maximum atomic E-state index is 12.8. The standard InChI is InChI=1S/C25H21F2N7/c1-2-17-13-29-23(24-8-7-21-9-16(11-28)12-31-34(21)24)10-22(17)32-20-5-3-18(4-6-20)19-14-30-33(15-19)25(26)27/h1,7-10,12-15,18,20,25H,3-6H2,(H,29,32). The lowest BCUT2D eigenvalue weighted by molar-refractivity contribution is 0.0565. The molecule has 4 aromatic heterocycles. The summed E-state index contributed by atoms with van der Waals surface area (Å²) in [6, 6.07) is 9.81. The summed E-state index contributed by atoms with van der Waals surface area (Å²) in [7, 11) is 0. The number of terminal acetylenes is 1. The van der Waals surface area contributed by atoms with Crippen LogP contribution in [0.4, 0.5) is 14.5 Å². The largest absolute Gasteiger partial charge is 0.381 e. The molecule has 0 radical (unpaired) electrons. The highest BCUT2D eigenvalue weighted by atomic mass is 19.3. The van der Waals surface area contributed by atoms with E-state index in [9.17, 15) is 8.78 Å². The molecule has 1 aliphatic carbocycles. The number of hydrogen-bond donors (Lipinski definition) is 1. The molecule has 0 aromatic carbocycles. The van der Waals surface area contributed by atoms with Gasteiger partial charge in [0.05, 0.1) is 46.1 Å². The molecule has 0 atom stereocenters. The van der Waals surface area contributed by atoms with E-state index >= 15 is 0 Å². The van der Waals surface area contributed by atoms with Crippen molar-refractivity contribution in [3.63, 3.8) is 0 Å². The third-order valence-corrected chi connectivity index (χ3v) is 6.33. The van der Waals surface area contributed by atoms with Crippen LogP contribution < -0.4 is 5.32 Å². The highest BCUT2D eigenvalue weighted by Crippen LogP contribution is 2.35. The number of nitrogens with zero attached hydrogens (tertiary/aromatic N) is 6. The normalized spacial score (nSPS) is 18.0. The Labute approximate surface area is 195 Å². The van der Waals surface area contributed by atoms with Gasteiger partial charge in [0.1, 0.15) is 6.07 Å². The van der Waals surface area contributed by atoms with Crippen molar-refractivity contribution in [2.24, 2.45) is 0 Å². The highest BCUT2D eigenvalue weighted by molar-refractivity contribution is 5.70. The van der Waals surface area contributed by atoms with Crippen LogP contribution in [0.1, 0.15) is 54.8 Å². The second-order valence-electron chi connectivity index (χ2n) is 8.39. The second-order valence-corrected chi connectivity index (χ2v) is 8.39. The zero-order valence-electron chi connectivity index (χ0n) is 18.2. The van der Waals surface area contributed by atoms with Crippen LogP contribution in [-0.4, -0.2) is 30.4 Å². The summed E-state index contributed by atoms with van der Waals surface area (Å²) in [6.07, 6.45) is 15.4. The summed E-state index contributed by atoms with van der Waals surface area (Å²) in [5, 5.41) is 20.8. The van der Waals surface area contributed by atoms with E-state index in [0.717, 1.165) is 48.1 Å². The molecule has 170 valence electrons. The zero-order valence-corrected chi connectivity index (χ0v) is 18.2. The quantitative estimate of drug-likeness (QED) is 0.428. The van der Waals surface area contributed by atoms with Gasteiger partial charge in [-0.25, -0.2) is 9.20 Å². The summed E-state index contributed by atoms with van der Waals surface area (Å²) in [5.74, 6) is 2.92. The van der Waals surface area contributed by atoms with E-state index in [0.29, 0.717) is 21.5 Å². The molecule has 0 unspecified atom stereocenters. The molecule has 1 fully saturated rings. The van der Waals surface area contributed by atoms with E-state index in [1.165, 1.54) is 12.4 Å². The molecule has 9 heteroatoms. The SMILES string of the molecule is C#Cc1cnc(-c2ccc3cc(C#N)cnn23)cc1NC1CCC(c2cnn(C(F)F)c2)CC1. The van der Waals surface area contributed by atoms with E-state index in [2.05, 4.69) is 32.5 Å². The number of anilines is 1. The second kappa shape index (κ2) is 8.95. The average Bonchev–Trinajstić information content (AvgIpc) is 3.52. The third-order valence-electron chi connectivity index (χ3n) is 6.33. The number of fused-ring (bicyclic) bond motifs is 1. The lowest BCUT2D eigenvalue weighted by Crippen LogP contribution is -2.25. The van der Waals surface area contributed by atoms with Crippen molar-refractivity contribution >= 4 is 11.2 Å². The number of aromatic nitrogens is 5. The Morgan fingerprint density at radius 2 is 1.91 bits per heavy atom. The van der Waals surface area contributed by atoms with Crippen LogP contribution in [0.15, 0.2) is 49.1 Å². The number of rotatable bonds is 5. The van der Waals surface area contributed by atoms with Crippen LogP contribution in [-0.2, 0) is 0 Å². The molecule has 0 aliphatic heterocycles. The first-order valence-electron chi connectivity index (χ1n) is 11.0. The molecule has 0 bridgehead atoms. The molecule has 34 heavy (non-hydrogen) atoms. The Morgan fingerprint density at radius 3 is 2.62 bits per heavy atom. The molecule has 1 aliphatic rings. The maximum absolute atomic E-state index is 12.8. The molecule has 0 spiro atoms. The Kier molecular flexibility index (Phi) is 5.69. The Balaban J connectivity index is 1.33. The first kappa shape index (κ1) is 21.6. The molecule has 7 nitrogen and oxygen atoms in total. The fourth-order valence-corrected chi connectivity index (χ4v) is 4.55. The predicted molar refractivity (Wildman–Crippen MR) is 123 cm³/mol. The third kappa shape index (κ3) is 4.08. The van der Waals surface area contributed by atoms with Gasteiger partial charge in [-0.3, -0.25) is 4.98 Å². The number of alkyl halides is 2. The monoisotopic (exact) mass is 457 g/mol. The molecule has 0 amide bonds. The van der Waals surface area contributed by atoms with Crippen molar-refractivity contribution in [3.8, 4) is 29.8 Å². The van der Waals surface area contributed by atoms with Gasteiger partial charge in [-0.15, -0.1) is 6.42 Å². The number of hydrogen-bond acceptors (Lipinski definition) is 5. The molecule has 4 heterocycles. The number of halogens is 2. The van der Waals surface area contributed by atoms with Crippen LogP contribution in [0, 0.1) is 23.7 Å². The van der Waals surface area contributed by atoms with Gasteiger partial charge >= 0.3 is 6.55 Å². The van der Waals surface area contributed by atoms with Crippen LogP contribution >= 0.6 is 0 Å². The number of nitrogens with one attached hydrogen (secondary N) is 1. The molecular weight excluding hydrogens is 436 g/mol. The summed E-state index contributed by atoms with van der Waals surface area (Å²) in [4.78, 5) is 4.53. The number of nitriles is 1. The molecule has 1 N–H and O–H groups in total. The van der Waals surface area contributed by atoms with Crippen molar-refractivity contribution in [1.82, 2.24) is 24.4 Å². The van der Waals surface area contributed by atoms with Gasteiger partial charge < -0.3 is 5.32 Å². The van der Waals surface area contributed by atoms with Crippen molar-refractivity contribution in [1.29, 1.82) is 5.26 Å². The molecular formula is C25H21F2N7. The highest BCUT2D eigenvalue weighted by Gasteiger charge is 2.25. The Bertz CT molecular complexity index is 1420. The van der Waals surface area contributed by atoms with Gasteiger partial charge in [-0.05, 0) is 61.4 Å². The van der Waals surface area contributed by atoms with Crippen molar-refractivity contribution in [3.05, 3.63) is 65.7 Å². The minimum absolute atomic E-state index is 0.212. The Hall–Kier alpha value is -4.24. The van der Waals surface area contributed by atoms with Crippen LogP contribution in [0.3, 0.4) is 0 Å². The van der Waals surface area contributed by atoms with Gasteiger partial charge in [0.2, 0.25) is 0 Å². The summed E-state index contributed by atoms with van der Waals surface area (Å²) < 4.78 is 28.1. The first-order valence-corrected chi connectivity index (χ1v) is 11.0. The fourth-order valence-electron chi connectivity index (χ4n) is 4.55. The van der Waals surface area contributed by atoms with E-state index in [-0.39, 0.29) is 12.0 Å². The first-order chi connectivity index (χ1) is 16.6. The average molecular weight is 457 g/mol. The van der Waals surface area contributed by atoms with E-state index in [1.54, 1.807) is 23.0 Å². The number of pyridine rings is 1. The summed E-state index contributed by atoms with van der Waals surface area (Å²) in [6.45, 7) is -2.61. The van der Waals surface area contributed by atoms with Gasteiger partial charge in [-0.2, -0.15) is 24.2 Å². The van der Waals surface area contributed by atoms with Crippen molar-refractivity contribution in [2.45, 2.75) is 44.2 Å². The minimum Gasteiger partial charge on any atom is -0.381 e. The molecule has 4 aromatic rings. The molecule has 0 saturated heterocycles. The smallest absolute Gasteiger partial charge is 0.333 e. The van der Waals surface area contributed by atoms with Gasteiger partial charge in [0.25, 0.3) is 0 Å². The van der Waals surface area contributed by atoms with E-state index < -0.39 is 6.55 Å². The maximum Gasteiger partial charge on any atom is 0.333 e. The predicted octanol–water partition coefficient (Wildman–Crippen LogP) is 4.98. The lowest BCUT2D eigenvalue weighted by atomic mass is 9.83. The minimum atomic E-state index is -2.61. The molecule has 5 rings (SSSR count). The van der Waals surface area contributed by atoms with Gasteiger partial charge in [-0.1, -0.05) is 5.92 Å². The van der Waals surface area contributed by atoms with Crippen LogP contribution in [0.5, 0.6) is 0 Å². The van der Waals surface area contributed by atoms with Gasteiger partial charge in [0.15, 0.2) is 0 Å². The zero-order chi connectivity index (χ0) is 23.7. The van der Waals surface area contributed by atoms with Crippen LogP contribution in [0.2, 0.25) is 0 Å². The fraction of sp³-hybridized carbons (Fsp3) is 0.280. The van der Waals surface area contributed by atoms with Gasteiger partial charge in [0, 0.05) is 18.4 Å². The van der Waals surface area contributed by atoms with Crippen molar-refractivity contribution < 1.29 is 8.78 Å². The van der Waals surface area contributed by atoms with E-state index in [1.807, 2.05) is 18.2 Å².